The van der Waals surface area contributed by atoms with Gasteiger partial charge >= 0.3 is 0 Å². The average Bonchev–Trinajstić information content (AvgIpc) is 3.21. The summed E-state index contributed by atoms with van der Waals surface area (Å²) in [6, 6.07) is 26.4. The molecule has 0 aliphatic heterocycles. The van der Waals surface area contributed by atoms with Gasteiger partial charge in [0.15, 0.2) is 0 Å². The van der Waals surface area contributed by atoms with E-state index in [1.54, 1.807) is 0 Å². The molecule has 142 valence electrons. The summed E-state index contributed by atoms with van der Waals surface area (Å²) < 4.78 is 2.72. The highest BCUT2D eigenvalue weighted by Crippen LogP contribution is 2.48. The standard InChI is InChI=1S/C29H20S/c1-3-11-19-18(4-2)26-27-23-15-8-5-12-20(23)22-14-7-10-17-25(22)29(27)30-28(26)24-16-9-6-13-21(19)24/h3-17H,2H2,1H3/b11-3-. The number of thiophene rings is 1. The van der Waals surface area contributed by atoms with Crippen LogP contribution in [0.1, 0.15) is 18.1 Å². The Morgan fingerprint density at radius 2 is 1.10 bits per heavy atom. The lowest BCUT2D eigenvalue weighted by Gasteiger charge is -2.12. The van der Waals surface area contributed by atoms with Crippen LogP contribution in [0.15, 0.2) is 85.5 Å². The molecule has 0 nitrogen and oxygen atoms in total. The van der Waals surface area contributed by atoms with Crippen LogP contribution in [-0.4, -0.2) is 0 Å². The van der Waals surface area contributed by atoms with E-state index in [2.05, 4.69) is 98.5 Å². The van der Waals surface area contributed by atoms with Crippen molar-refractivity contribution in [2.45, 2.75) is 6.92 Å². The highest BCUT2D eigenvalue weighted by molar-refractivity contribution is 7.27. The fourth-order valence-corrected chi connectivity index (χ4v) is 6.34. The fourth-order valence-electron chi connectivity index (χ4n) is 4.93. The van der Waals surface area contributed by atoms with Crippen molar-refractivity contribution in [3.63, 3.8) is 0 Å². The number of hydrogen-bond acceptors (Lipinski definition) is 1. The van der Waals surface area contributed by atoms with Gasteiger partial charge in [-0.05, 0) is 39.6 Å². The number of allylic oxidation sites excluding steroid dienone is 1. The number of benzene rings is 5. The third kappa shape index (κ3) is 2.21. The van der Waals surface area contributed by atoms with Crippen LogP contribution < -0.4 is 0 Å². The summed E-state index contributed by atoms with van der Waals surface area (Å²) in [5, 5.41) is 10.6. The molecule has 0 atom stereocenters. The third-order valence-electron chi connectivity index (χ3n) is 6.13. The SMILES string of the molecule is C=Cc1c(/C=C\C)c2ccccc2c2sc3c4ccccc4c4ccccc4c3c12. The Labute approximate surface area is 179 Å². The molecule has 5 aromatic carbocycles. The van der Waals surface area contributed by atoms with E-state index in [1.807, 2.05) is 17.4 Å². The second-order valence-electron chi connectivity index (χ2n) is 7.68. The van der Waals surface area contributed by atoms with Crippen LogP contribution in [0.4, 0.5) is 0 Å². The molecule has 0 unspecified atom stereocenters. The Bertz CT molecular complexity index is 1660. The van der Waals surface area contributed by atoms with Gasteiger partial charge in [-0.1, -0.05) is 97.6 Å². The van der Waals surface area contributed by atoms with Crippen molar-refractivity contribution in [2.24, 2.45) is 0 Å². The van der Waals surface area contributed by atoms with Crippen molar-refractivity contribution in [3.8, 4) is 0 Å². The molecule has 0 fully saturated rings. The van der Waals surface area contributed by atoms with Gasteiger partial charge in [0.1, 0.15) is 0 Å². The van der Waals surface area contributed by atoms with Gasteiger partial charge in [-0.2, -0.15) is 0 Å². The Balaban J connectivity index is 2.04. The quantitative estimate of drug-likeness (QED) is 0.254. The first-order valence-electron chi connectivity index (χ1n) is 10.3. The molecular weight excluding hydrogens is 380 g/mol. The molecule has 0 aliphatic carbocycles. The van der Waals surface area contributed by atoms with Crippen LogP contribution >= 0.6 is 11.3 Å². The molecule has 0 spiro atoms. The van der Waals surface area contributed by atoms with Gasteiger partial charge in [0.05, 0.1) is 0 Å². The zero-order chi connectivity index (χ0) is 20.2. The molecule has 6 aromatic rings. The first-order valence-corrected chi connectivity index (χ1v) is 11.1. The molecule has 1 heteroatoms. The maximum absolute atomic E-state index is 4.23. The van der Waals surface area contributed by atoms with Gasteiger partial charge in [0, 0.05) is 30.9 Å². The Morgan fingerprint density at radius 1 is 0.600 bits per heavy atom. The first kappa shape index (κ1) is 17.4. The maximum Gasteiger partial charge on any atom is 0.0440 e. The van der Waals surface area contributed by atoms with E-state index in [4.69, 9.17) is 0 Å². The monoisotopic (exact) mass is 400 g/mol. The number of hydrogen-bond donors (Lipinski definition) is 0. The lowest BCUT2D eigenvalue weighted by Crippen LogP contribution is -1.87. The zero-order valence-electron chi connectivity index (χ0n) is 16.8. The van der Waals surface area contributed by atoms with Gasteiger partial charge in [-0.25, -0.2) is 0 Å². The van der Waals surface area contributed by atoms with Gasteiger partial charge in [0.25, 0.3) is 0 Å². The summed E-state index contributed by atoms with van der Waals surface area (Å²) in [6.45, 7) is 6.31. The van der Waals surface area contributed by atoms with Crippen molar-refractivity contribution >= 4 is 76.0 Å². The highest BCUT2D eigenvalue weighted by atomic mass is 32.1. The van der Waals surface area contributed by atoms with E-state index in [9.17, 15) is 0 Å². The molecule has 30 heavy (non-hydrogen) atoms. The second-order valence-corrected chi connectivity index (χ2v) is 8.70. The molecule has 0 bridgehead atoms. The predicted octanol–water partition coefficient (Wildman–Crippen LogP) is 9.19. The van der Waals surface area contributed by atoms with Gasteiger partial charge in [-0.3, -0.25) is 0 Å². The van der Waals surface area contributed by atoms with E-state index < -0.39 is 0 Å². The van der Waals surface area contributed by atoms with Crippen molar-refractivity contribution in [3.05, 3.63) is 96.6 Å². The van der Waals surface area contributed by atoms with E-state index in [0.717, 1.165) is 0 Å². The lowest BCUT2D eigenvalue weighted by molar-refractivity contribution is 1.72. The summed E-state index contributed by atoms with van der Waals surface area (Å²) >= 11 is 1.92. The van der Waals surface area contributed by atoms with Crippen LogP contribution in [0.2, 0.25) is 0 Å². The topological polar surface area (TPSA) is 0 Å². The molecule has 6 rings (SSSR count). The molecule has 0 aliphatic rings. The second kappa shape index (κ2) is 6.55. The smallest absolute Gasteiger partial charge is 0.0440 e. The zero-order valence-corrected chi connectivity index (χ0v) is 17.6. The average molecular weight is 401 g/mol. The summed E-state index contributed by atoms with van der Waals surface area (Å²) in [6.07, 6.45) is 6.40. The minimum absolute atomic E-state index is 1.23. The number of rotatable bonds is 2. The summed E-state index contributed by atoms with van der Waals surface area (Å²) in [5.41, 5.74) is 2.49. The fraction of sp³-hybridized carbons (Fsp3) is 0.0345. The highest BCUT2D eigenvalue weighted by Gasteiger charge is 2.19. The van der Waals surface area contributed by atoms with Gasteiger partial charge in [-0.15, -0.1) is 11.3 Å². The molecule has 0 amide bonds. The van der Waals surface area contributed by atoms with Crippen molar-refractivity contribution < 1.29 is 0 Å². The van der Waals surface area contributed by atoms with Crippen LogP contribution in [0.25, 0.3) is 64.6 Å². The minimum Gasteiger partial charge on any atom is -0.134 e. The molecule has 0 saturated carbocycles. The Hall–Kier alpha value is -3.42. The largest absolute Gasteiger partial charge is 0.134 e. The van der Waals surface area contributed by atoms with Crippen molar-refractivity contribution in [1.29, 1.82) is 0 Å². The molecular formula is C29H20S. The third-order valence-corrected chi connectivity index (χ3v) is 7.38. The van der Waals surface area contributed by atoms with E-state index in [-0.39, 0.29) is 0 Å². The molecule has 0 radical (unpaired) electrons. The van der Waals surface area contributed by atoms with E-state index in [1.165, 1.54) is 63.6 Å². The summed E-state index contributed by atoms with van der Waals surface area (Å²) in [5.74, 6) is 0. The van der Waals surface area contributed by atoms with Crippen molar-refractivity contribution in [2.75, 3.05) is 0 Å². The first-order chi connectivity index (χ1) is 14.8. The summed E-state index contributed by atoms with van der Waals surface area (Å²) in [4.78, 5) is 0. The van der Waals surface area contributed by atoms with Crippen LogP contribution in [0.3, 0.4) is 0 Å². The predicted molar refractivity (Wildman–Crippen MR) is 137 cm³/mol. The molecule has 0 saturated heterocycles. The van der Waals surface area contributed by atoms with E-state index >= 15 is 0 Å². The van der Waals surface area contributed by atoms with Crippen LogP contribution in [0, 0.1) is 0 Å². The van der Waals surface area contributed by atoms with Crippen LogP contribution in [0.5, 0.6) is 0 Å². The molecule has 1 aromatic heterocycles. The van der Waals surface area contributed by atoms with Crippen LogP contribution in [-0.2, 0) is 0 Å². The Kier molecular flexibility index (Phi) is 3.81. The normalized spacial score (nSPS) is 12.2. The molecule has 1 heterocycles. The number of fused-ring (bicyclic) bond motifs is 10. The van der Waals surface area contributed by atoms with E-state index in [0.29, 0.717) is 0 Å². The minimum atomic E-state index is 1.23. The maximum atomic E-state index is 4.23. The lowest BCUT2D eigenvalue weighted by atomic mass is 9.91. The molecule has 0 N–H and O–H groups in total. The summed E-state index contributed by atoms with van der Waals surface area (Å²) in [7, 11) is 0. The van der Waals surface area contributed by atoms with Crippen molar-refractivity contribution in [1.82, 2.24) is 0 Å². The van der Waals surface area contributed by atoms with Gasteiger partial charge < -0.3 is 0 Å². The Morgan fingerprint density at radius 3 is 1.73 bits per heavy atom. The van der Waals surface area contributed by atoms with Gasteiger partial charge in [0.2, 0.25) is 0 Å².